The van der Waals surface area contributed by atoms with Gasteiger partial charge >= 0.3 is 16.1 Å². The number of unbranched alkanes of at least 4 members (excludes halogenated alkanes) is 9. The molecule has 0 heterocycles. The first kappa shape index (κ1) is 19.4. The van der Waals surface area contributed by atoms with Crippen molar-refractivity contribution in [1.82, 2.24) is 0 Å². The van der Waals surface area contributed by atoms with Gasteiger partial charge in [0, 0.05) is 6.42 Å². The highest BCUT2D eigenvalue weighted by Gasteiger charge is 2.13. The van der Waals surface area contributed by atoms with Crippen LogP contribution in [0.5, 0.6) is 0 Å². The van der Waals surface area contributed by atoms with Crippen LogP contribution in [0.1, 0.15) is 84.5 Å². The molecule has 0 aromatic rings. The molecule has 120 valence electrons. The third kappa shape index (κ3) is 12.5. The Morgan fingerprint density at radius 2 is 1.25 bits per heavy atom. The fraction of sp³-hybridized carbons (Fsp3) is 0.933. The summed E-state index contributed by atoms with van der Waals surface area (Å²) < 4.78 is 26.5. The fourth-order valence-electron chi connectivity index (χ4n) is 2.00. The van der Waals surface area contributed by atoms with Crippen molar-refractivity contribution in [3.8, 4) is 0 Å². The molecule has 0 aliphatic heterocycles. The standard InChI is InChI=1S/C15H30O4S/c1-3-5-6-7-8-9-10-11-12-13-14-15(16)19-20(17,18)4-2/h3-14H2,1-2H3. The quantitative estimate of drug-likeness (QED) is 0.378. The molecular formula is C15H30O4S. The molecule has 0 aromatic heterocycles. The zero-order valence-corrected chi connectivity index (χ0v) is 13.8. The van der Waals surface area contributed by atoms with Gasteiger partial charge in [0.25, 0.3) is 0 Å². The van der Waals surface area contributed by atoms with Crippen LogP contribution in [-0.4, -0.2) is 20.1 Å². The van der Waals surface area contributed by atoms with Crippen molar-refractivity contribution in [2.75, 3.05) is 5.75 Å². The van der Waals surface area contributed by atoms with Crippen molar-refractivity contribution in [2.24, 2.45) is 0 Å². The van der Waals surface area contributed by atoms with Crippen LogP contribution < -0.4 is 0 Å². The Morgan fingerprint density at radius 1 is 0.800 bits per heavy atom. The van der Waals surface area contributed by atoms with Crippen LogP contribution in [0.4, 0.5) is 0 Å². The van der Waals surface area contributed by atoms with E-state index in [0.29, 0.717) is 6.42 Å². The van der Waals surface area contributed by atoms with E-state index in [4.69, 9.17) is 0 Å². The third-order valence-electron chi connectivity index (χ3n) is 3.31. The topological polar surface area (TPSA) is 60.4 Å². The van der Waals surface area contributed by atoms with Gasteiger partial charge in [0.1, 0.15) is 0 Å². The first-order valence-electron chi connectivity index (χ1n) is 7.96. The minimum Gasteiger partial charge on any atom is -0.346 e. The van der Waals surface area contributed by atoms with E-state index in [1.54, 1.807) is 0 Å². The molecule has 4 nitrogen and oxygen atoms in total. The molecule has 0 bridgehead atoms. The number of carbonyl (C=O) groups excluding carboxylic acids is 1. The van der Waals surface area contributed by atoms with E-state index >= 15 is 0 Å². The first-order valence-corrected chi connectivity index (χ1v) is 9.54. The maximum atomic E-state index is 11.3. The SMILES string of the molecule is CCCCCCCCCCCCC(=O)OS(=O)(=O)CC. The number of hydrogen-bond donors (Lipinski definition) is 0. The minimum atomic E-state index is -3.63. The van der Waals surface area contributed by atoms with E-state index in [2.05, 4.69) is 11.1 Å². The Bertz CT molecular complexity index is 336. The van der Waals surface area contributed by atoms with Crippen molar-refractivity contribution in [3.05, 3.63) is 0 Å². The average Bonchev–Trinajstić information content (AvgIpc) is 2.40. The Morgan fingerprint density at radius 3 is 1.70 bits per heavy atom. The van der Waals surface area contributed by atoms with Gasteiger partial charge in [-0.1, -0.05) is 64.7 Å². The lowest BCUT2D eigenvalue weighted by molar-refractivity contribution is -0.133. The molecule has 0 saturated carbocycles. The van der Waals surface area contributed by atoms with Gasteiger partial charge in [-0.2, -0.15) is 8.42 Å². The smallest absolute Gasteiger partial charge is 0.322 e. The molecule has 0 amide bonds. The lowest BCUT2D eigenvalue weighted by Crippen LogP contribution is -2.14. The Labute approximate surface area is 124 Å². The number of carbonyl (C=O) groups is 1. The van der Waals surface area contributed by atoms with Crippen LogP contribution in [-0.2, 0) is 19.1 Å². The normalized spacial score (nSPS) is 11.5. The van der Waals surface area contributed by atoms with Gasteiger partial charge < -0.3 is 4.18 Å². The maximum Gasteiger partial charge on any atom is 0.322 e. The summed E-state index contributed by atoms with van der Waals surface area (Å²) in [4.78, 5) is 11.3. The first-order chi connectivity index (χ1) is 9.52. The monoisotopic (exact) mass is 306 g/mol. The molecule has 0 radical (unpaired) electrons. The summed E-state index contributed by atoms with van der Waals surface area (Å²) in [6.07, 6.45) is 12.1. The van der Waals surface area contributed by atoms with Crippen LogP contribution in [0.15, 0.2) is 0 Å². The lowest BCUT2D eigenvalue weighted by atomic mass is 10.1. The highest BCUT2D eigenvalue weighted by atomic mass is 32.2. The summed E-state index contributed by atoms with van der Waals surface area (Å²) in [5.74, 6) is -0.775. The summed E-state index contributed by atoms with van der Waals surface area (Å²) in [5.41, 5.74) is 0. The van der Waals surface area contributed by atoms with E-state index in [1.165, 1.54) is 51.9 Å². The Kier molecular flexibility index (Phi) is 11.8. The van der Waals surface area contributed by atoms with Gasteiger partial charge in [0.2, 0.25) is 0 Å². The molecule has 0 aliphatic carbocycles. The predicted octanol–water partition coefficient (Wildman–Crippen LogP) is 4.19. The fourth-order valence-corrected chi connectivity index (χ4v) is 2.48. The second-order valence-corrected chi connectivity index (χ2v) is 7.09. The molecule has 0 atom stereocenters. The zero-order chi connectivity index (χ0) is 15.3. The van der Waals surface area contributed by atoms with Gasteiger partial charge in [-0.25, -0.2) is 0 Å². The molecule has 0 N–H and O–H groups in total. The Balaban J connectivity index is 3.34. The van der Waals surface area contributed by atoms with E-state index in [0.717, 1.165) is 12.8 Å². The highest BCUT2D eigenvalue weighted by Crippen LogP contribution is 2.11. The second-order valence-electron chi connectivity index (χ2n) is 5.23. The molecule has 0 saturated heterocycles. The molecule has 0 aliphatic rings. The van der Waals surface area contributed by atoms with E-state index in [1.807, 2.05) is 0 Å². The molecule has 0 spiro atoms. The van der Waals surface area contributed by atoms with Gasteiger partial charge in [-0.05, 0) is 13.3 Å². The minimum absolute atomic E-state index is 0.156. The summed E-state index contributed by atoms with van der Waals surface area (Å²) in [5, 5.41) is 0. The van der Waals surface area contributed by atoms with Gasteiger partial charge in [-0.15, -0.1) is 0 Å². The van der Waals surface area contributed by atoms with Crippen molar-refractivity contribution >= 4 is 16.1 Å². The van der Waals surface area contributed by atoms with E-state index < -0.39 is 16.1 Å². The molecule has 0 unspecified atom stereocenters. The summed E-state index contributed by atoms with van der Waals surface area (Å²) in [7, 11) is -3.63. The predicted molar refractivity (Wildman–Crippen MR) is 82.0 cm³/mol. The van der Waals surface area contributed by atoms with Crippen LogP contribution in [0.25, 0.3) is 0 Å². The van der Waals surface area contributed by atoms with Crippen LogP contribution >= 0.6 is 0 Å². The van der Waals surface area contributed by atoms with Crippen LogP contribution in [0.2, 0.25) is 0 Å². The molecule has 5 heteroatoms. The zero-order valence-electron chi connectivity index (χ0n) is 13.0. The maximum absolute atomic E-state index is 11.3. The molecule has 0 rings (SSSR count). The summed E-state index contributed by atoms with van der Waals surface area (Å²) in [6, 6.07) is 0. The van der Waals surface area contributed by atoms with Crippen molar-refractivity contribution < 1.29 is 17.4 Å². The largest absolute Gasteiger partial charge is 0.346 e. The summed E-state index contributed by atoms with van der Waals surface area (Å²) >= 11 is 0. The van der Waals surface area contributed by atoms with Crippen molar-refractivity contribution in [3.63, 3.8) is 0 Å². The van der Waals surface area contributed by atoms with Crippen molar-refractivity contribution in [1.29, 1.82) is 0 Å². The number of hydrogen-bond acceptors (Lipinski definition) is 4. The van der Waals surface area contributed by atoms with Gasteiger partial charge in [-0.3, -0.25) is 4.79 Å². The molecule has 0 fully saturated rings. The molecule has 20 heavy (non-hydrogen) atoms. The van der Waals surface area contributed by atoms with Gasteiger partial charge in [0.15, 0.2) is 0 Å². The van der Waals surface area contributed by atoms with E-state index in [-0.39, 0.29) is 12.2 Å². The Hall–Kier alpha value is -0.580. The van der Waals surface area contributed by atoms with Crippen molar-refractivity contribution in [2.45, 2.75) is 84.5 Å². The second kappa shape index (κ2) is 12.2. The molecule has 0 aromatic carbocycles. The summed E-state index contributed by atoms with van der Waals surface area (Å²) in [6.45, 7) is 3.68. The third-order valence-corrected chi connectivity index (χ3v) is 4.45. The van der Waals surface area contributed by atoms with Crippen LogP contribution in [0, 0.1) is 0 Å². The van der Waals surface area contributed by atoms with Gasteiger partial charge in [0.05, 0.1) is 5.75 Å². The highest BCUT2D eigenvalue weighted by molar-refractivity contribution is 7.87. The van der Waals surface area contributed by atoms with E-state index in [9.17, 15) is 13.2 Å². The number of rotatable bonds is 13. The van der Waals surface area contributed by atoms with Crippen LogP contribution in [0.3, 0.4) is 0 Å². The lowest BCUT2D eigenvalue weighted by Gasteiger charge is -2.04. The molecular weight excluding hydrogens is 276 g/mol. The average molecular weight is 306 g/mol.